The number of nitrogens with one attached hydrogen (secondary N) is 2. The third-order valence-corrected chi connectivity index (χ3v) is 5.82. The molecule has 0 aliphatic carbocycles. The molecule has 0 spiro atoms. The number of halogens is 3. The number of amides is 1. The second kappa shape index (κ2) is 10.2. The van der Waals surface area contributed by atoms with Crippen LogP contribution >= 0.6 is 0 Å². The number of hydrogen-bond acceptors (Lipinski definition) is 4. The predicted octanol–water partition coefficient (Wildman–Crippen LogP) is 3.64. The molecule has 178 valence electrons. The largest absolute Gasteiger partial charge is 0.416 e. The van der Waals surface area contributed by atoms with Gasteiger partial charge in [0, 0.05) is 44.0 Å². The number of amidine groups is 1. The lowest BCUT2D eigenvalue weighted by Gasteiger charge is -2.30. The number of hydrogen-bond donors (Lipinski definition) is 3. The SMILES string of the molecule is CC/N=C(/N[C@H](C)c1cccc(C(F)(F)F)c1C)c1cc(N2CCNCC2)ccc1C(N)=O. The van der Waals surface area contributed by atoms with E-state index in [9.17, 15) is 18.0 Å². The fourth-order valence-corrected chi connectivity index (χ4v) is 4.14. The van der Waals surface area contributed by atoms with Gasteiger partial charge in [-0.3, -0.25) is 9.79 Å². The van der Waals surface area contributed by atoms with Gasteiger partial charge in [0.1, 0.15) is 5.84 Å². The number of alkyl halides is 3. The molecule has 1 heterocycles. The van der Waals surface area contributed by atoms with E-state index in [-0.39, 0.29) is 5.56 Å². The maximum atomic E-state index is 13.4. The Balaban J connectivity index is 1.99. The fraction of sp³-hybridized carbons (Fsp3) is 0.417. The first-order chi connectivity index (χ1) is 15.6. The summed E-state index contributed by atoms with van der Waals surface area (Å²) in [6.07, 6.45) is -4.43. The molecule has 4 N–H and O–H groups in total. The van der Waals surface area contributed by atoms with Crippen molar-refractivity contribution in [1.82, 2.24) is 10.6 Å². The molecule has 0 saturated carbocycles. The fourth-order valence-electron chi connectivity index (χ4n) is 4.14. The molecule has 0 radical (unpaired) electrons. The standard InChI is InChI=1S/C24H30F3N5O/c1-4-30-23(31-16(3)18-6-5-7-21(15(18)2)24(25,26)27)20-14-17(8-9-19(20)22(28)33)32-12-10-29-11-13-32/h5-9,14,16,29H,4,10-13H2,1-3H3,(H2,28,33)(H,30,31)/t16-/m1/s1. The molecule has 0 bridgehead atoms. The van der Waals surface area contributed by atoms with Crippen molar-refractivity contribution in [2.24, 2.45) is 10.7 Å². The number of primary amides is 1. The summed E-state index contributed by atoms with van der Waals surface area (Å²) >= 11 is 0. The van der Waals surface area contributed by atoms with E-state index in [0.29, 0.717) is 29.1 Å². The average Bonchev–Trinajstić information content (AvgIpc) is 2.78. The third-order valence-electron chi connectivity index (χ3n) is 5.82. The molecule has 1 fully saturated rings. The monoisotopic (exact) mass is 461 g/mol. The van der Waals surface area contributed by atoms with Crippen molar-refractivity contribution in [1.29, 1.82) is 0 Å². The van der Waals surface area contributed by atoms with E-state index < -0.39 is 23.7 Å². The van der Waals surface area contributed by atoms with Crippen molar-refractivity contribution in [2.75, 3.05) is 37.6 Å². The van der Waals surface area contributed by atoms with Gasteiger partial charge in [0.25, 0.3) is 0 Å². The zero-order valence-corrected chi connectivity index (χ0v) is 19.1. The van der Waals surface area contributed by atoms with Gasteiger partial charge in [-0.1, -0.05) is 12.1 Å². The Hall–Kier alpha value is -3.07. The van der Waals surface area contributed by atoms with Crippen LogP contribution in [-0.2, 0) is 6.18 Å². The maximum Gasteiger partial charge on any atom is 0.416 e. The first-order valence-corrected chi connectivity index (χ1v) is 11.0. The molecule has 33 heavy (non-hydrogen) atoms. The molecule has 1 aliphatic rings. The Morgan fingerprint density at radius 3 is 2.52 bits per heavy atom. The highest BCUT2D eigenvalue weighted by atomic mass is 19.4. The van der Waals surface area contributed by atoms with Gasteiger partial charge in [-0.15, -0.1) is 0 Å². The van der Waals surface area contributed by atoms with Gasteiger partial charge in [0.05, 0.1) is 17.2 Å². The van der Waals surface area contributed by atoms with Crippen molar-refractivity contribution in [3.8, 4) is 0 Å². The van der Waals surface area contributed by atoms with Crippen molar-refractivity contribution in [3.63, 3.8) is 0 Å². The molecule has 6 nitrogen and oxygen atoms in total. The summed E-state index contributed by atoms with van der Waals surface area (Å²) in [5, 5.41) is 6.54. The number of carbonyl (C=O) groups is 1. The molecule has 9 heteroatoms. The number of nitrogens with zero attached hydrogens (tertiary/aromatic N) is 2. The van der Waals surface area contributed by atoms with E-state index >= 15 is 0 Å². The Morgan fingerprint density at radius 2 is 1.91 bits per heavy atom. The lowest BCUT2D eigenvalue weighted by atomic mass is 9.96. The lowest BCUT2D eigenvalue weighted by Crippen LogP contribution is -2.43. The number of piperazine rings is 1. The smallest absolute Gasteiger partial charge is 0.369 e. The number of nitrogens with two attached hydrogens (primary N) is 1. The topological polar surface area (TPSA) is 82.8 Å². The molecule has 2 aromatic rings. The van der Waals surface area contributed by atoms with E-state index in [1.165, 1.54) is 13.0 Å². The van der Waals surface area contributed by atoms with Crippen LogP contribution in [0.1, 0.15) is 52.5 Å². The Bertz CT molecular complexity index is 1030. The van der Waals surface area contributed by atoms with Crippen LogP contribution in [0.2, 0.25) is 0 Å². The Morgan fingerprint density at radius 1 is 1.21 bits per heavy atom. The lowest BCUT2D eigenvalue weighted by molar-refractivity contribution is -0.138. The Kier molecular flexibility index (Phi) is 7.63. The highest BCUT2D eigenvalue weighted by molar-refractivity contribution is 6.09. The minimum absolute atomic E-state index is 0.158. The first-order valence-electron chi connectivity index (χ1n) is 11.0. The molecular weight excluding hydrogens is 431 g/mol. The highest BCUT2D eigenvalue weighted by Crippen LogP contribution is 2.34. The van der Waals surface area contributed by atoms with Crippen LogP contribution in [-0.4, -0.2) is 44.5 Å². The van der Waals surface area contributed by atoms with E-state index in [1.54, 1.807) is 19.1 Å². The first kappa shape index (κ1) is 24.6. The Labute approximate surface area is 192 Å². The molecule has 0 aromatic heterocycles. The highest BCUT2D eigenvalue weighted by Gasteiger charge is 2.33. The van der Waals surface area contributed by atoms with Gasteiger partial charge in [-0.2, -0.15) is 13.2 Å². The quantitative estimate of drug-likeness (QED) is 0.453. The minimum atomic E-state index is -4.43. The molecule has 3 rings (SSSR count). The molecule has 1 amide bonds. The summed E-state index contributed by atoms with van der Waals surface area (Å²) in [7, 11) is 0. The summed E-state index contributed by atoms with van der Waals surface area (Å²) < 4.78 is 40.2. The van der Waals surface area contributed by atoms with Crippen LogP contribution in [0.25, 0.3) is 0 Å². The number of rotatable bonds is 6. The van der Waals surface area contributed by atoms with E-state index in [0.717, 1.165) is 37.9 Å². The van der Waals surface area contributed by atoms with E-state index in [4.69, 9.17) is 5.73 Å². The molecule has 0 unspecified atom stereocenters. The summed E-state index contributed by atoms with van der Waals surface area (Å²) in [6, 6.07) is 9.08. The number of aliphatic imine (C=N–C) groups is 1. The van der Waals surface area contributed by atoms with Crippen LogP contribution in [0.15, 0.2) is 41.4 Å². The maximum absolute atomic E-state index is 13.4. The number of carbonyl (C=O) groups excluding carboxylic acids is 1. The summed E-state index contributed by atoms with van der Waals surface area (Å²) in [5.74, 6) is -0.169. The molecular formula is C24H30F3N5O. The van der Waals surface area contributed by atoms with Crippen molar-refractivity contribution < 1.29 is 18.0 Å². The van der Waals surface area contributed by atoms with Gasteiger partial charge < -0.3 is 21.3 Å². The average molecular weight is 462 g/mol. The van der Waals surface area contributed by atoms with Crippen molar-refractivity contribution in [3.05, 3.63) is 64.2 Å². The van der Waals surface area contributed by atoms with Crippen LogP contribution in [0.5, 0.6) is 0 Å². The normalized spacial score (nSPS) is 15.9. The molecule has 1 aliphatic heterocycles. The van der Waals surface area contributed by atoms with Gasteiger partial charge in [-0.05, 0) is 56.2 Å². The van der Waals surface area contributed by atoms with Crippen molar-refractivity contribution in [2.45, 2.75) is 33.0 Å². The van der Waals surface area contributed by atoms with Crippen LogP contribution in [0.4, 0.5) is 18.9 Å². The summed E-state index contributed by atoms with van der Waals surface area (Å²) in [4.78, 5) is 18.9. The van der Waals surface area contributed by atoms with Crippen LogP contribution < -0.4 is 21.3 Å². The number of benzene rings is 2. The molecule has 1 saturated heterocycles. The second-order valence-electron chi connectivity index (χ2n) is 8.04. The predicted molar refractivity (Wildman–Crippen MR) is 125 cm³/mol. The van der Waals surface area contributed by atoms with Gasteiger partial charge >= 0.3 is 6.18 Å². The van der Waals surface area contributed by atoms with E-state index in [2.05, 4.69) is 20.5 Å². The molecule has 2 aromatic carbocycles. The minimum Gasteiger partial charge on any atom is -0.369 e. The van der Waals surface area contributed by atoms with Crippen molar-refractivity contribution >= 4 is 17.4 Å². The summed E-state index contributed by atoms with van der Waals surface area (Å²) in [5.41, 5.74) is 7.42. The van der Waals surface area contributed by atoms with Crippen LogP contribution in [0, 0.1) is 6.92 Å². The van der Waals surface area contributed by atoms with Gasteiger partial charge in [0.15, 0.2) is 0 Å². The zero-order valence-electron chi connectivity index (χ0n) is 19.1. The number of anilines is 1. The van der Waals surface area contributed by atoms with Gasteiger partial charge in [0.2, 0.25) is 5.91 Å². The molecule has 1 atom stereocenters. The third kappa shape index (κ3) is 5.65. The van der Waals surface area contributed by atoms with Crippen LogP contribution in [0.3, 0.4) is 0 Å². The van der Waals surface area contributed by atoms with Gasteiger partial charge in [-0.25, -0.2) is 0 Å². The second-order valence-corrected chi connectivity index (χ2v) is 8.04. The zero-order chi connectivity index (χ0) is 24.2. The van der Waals surface area contributed by atoms with E-state index in [1.807, 2.05) is 19.1 Å². The summed E-state index contributed by atoms with van der Waals surface area (Å²) in [6.45, 7) is 8.87.